The number of carbonyl (C=O) groups is 1. The Labute approximate surface area is 149 Å². The summed E-state index contributed by atoms with van der Waals surface area (Å²) < 4.78 is 27.5. The summed E-state index contributed by atoms with van der Waals surface area (Å²) >= 11 is 0. The fourth-order valence-corrected chi connectivity index (χ4v) is 3.52. The fourth-order valence-electron chi connectivity index (χ4n) is 2.44. The second kappa shape index (κ2) is 6.68. The van der Waals surface area contributed by atoms with Crippen LogP contribution >= 0.6 is 0 Å². The summed E-state index contributed by atoms with van der Waals surface area (Å²) in [5, 5.41) is 0. The molecule has 3 N–H and O–H groups in total. The third-order valence-electron chi connectivity index (χ3n) is 4.00. The quantitative estimate of drug-likeness (QED) is 0.631. The molecule has 3 aromatic rings. The summed E-state index contributed by atoms with van der Waals surface area (Å²) in [7, 11) is -2.14. The van der Waals surface area contributed by atoms with Gasteiger partial charge in [0.15, 0.2) is 0 Å². The van der Waals surface area contributed by atoms with Gasteiger partial charge in [0, 0.05) is 24.8 Å². The number of nitrogens with zero attached hydrogens (tertiary/aromatic N) is 1. The molecule has 0 radical (unpaired) electrons. The van der Waals surface area contributed by atoms with Crippen LogP contribution in [0.1, 0.15) is 17.3 Å². The number of aromatic amines is 2. The van der Waals surface area contributed by atoms with Gasteiger partial charge in [0.25, 0.3) is 15.9 Å². The van der Waals surface area contributed by atoms with Crippen molar-refractivity contribution in [3.63, 3.8) is 0 Å². The van der Waals surface area contributed by atoms with Crippen LogP contribution in [0.5, 0.6) is 0 Å². The van der Waals surface area contributed by atoms with E-state index in [1.54, 1.807) is 24.1 Å². The van der Waals surface area contributed by atoms with E-state index in [1.807, 2.05) is 6.92 Å². The highest BCUT2D eigenvalue weighted by Crippen LogP contribution is 2.19. The number of nitrogens with one attached hydrogen (secondary N) is 3. The average Bonchev–Trinajstić information content (AvgIpc) is 3.00. The molecule has 0 saturated heterocycles. The van der Waals surface area contributed by atoms with Gasteiger partial charge in [-0.2, -0.15) is 0 Å². The number of sulfonamides is 1. The van der Waals surface area contributed by atoms with Crippen LogP contribution in [-0.4, -0.2) is 42.8 Å². The first-order valence-electron chi connectivity index (χ1n) is 7.90. The minimum atomic E-state index is -3.83. The standard InChI is InChI=1S/C17H18N4O4S/c1-3-21(2)16(22)11-4-6-12(7-5-11)20-26(24,25)13-8-9-14-15(10-13)19-17(23)18-14/h4-10,20H,3H2,1-2H3,(H2,18,19,23). The topological polar surface area (TPSA) is 115 Å². The maximum atomic E-state index is 12.5. The van der Waals surface area contributed by atoms with Crippen molar-refractivity contribution in [3.8, 4) is 0 Å². The van der Waals surface area contributed by atoms with Crippen LogP contribution in [0.2, 0.25) is 0 Å². The minimum Gasteiger partial charge on any atom is -0.342 e. The van der Waals surface area contributed by atoms with Gasteiger partial charge in [0.1, 0.15) is 0 Å². The average molecular weight is 374 g/mol. The molecule has 26 heavy (non-hydrogen) atoms. The van der Waals surface area contributed by atoms with Crippen LogP contribution in [-0.2, 0) is 10.0 Å². The fraction of sp³-hybridized carbons (Fsp3) is 0.176. The molecule has 0 atom stereocenters. The molecule has 0 fully saturated rings. The summed E-state index contributed by atoms with van der Waals surface area (Å²) in [6.45, 7) is 2.45. The lowest BCUT2D eigenvalue weighted by Gasteiger charge is -2.14. The lowest BCUT2D eigenvalue weighted by molar-refractivity contribution is 0.0802. The Kier molecular flexibility index (Phi) is 4.56. The van der Waals surface area contributed by atoms with Gasteiger partial charge in [0.05, 0.1) is 15.9 Å². The van der Waals surface area contributed by atoms with E-state index in [0.717, 1.165) is 0 Å². The van der Waals surface area contributed by atoms with E-state index in [4.69, 9.17) is 0 Å². The Morgan fingerprint density at radius 2 is 1.73 bits per heavy atom. The predicted molar refractivity (Wildman–Crippen MR) is 98.8 cm³/mol. The Hall–Kier alpha value is -3.07. The van der Waals surface area contributed by atoms with E-state index >= 15 is 0 Å². The van der Waals surface area contributed by atoms with Gasteiger partial charge in [-0.15, -0.1) is 0 Å². The number of amides is 1. The number of benzene rings is 2. The van der Waals surface area contributed by atoms with Gasteiger partial charge in [-0.3, -0.25) is 9.52 Å². The molecule has 0 spiro atoms. The summed E-state index contributed by atoms with van der Waals surface area (Å²) in [5.41, 5.74) is 1.34. The molecule has 9 heteroatoms. The Bertz CT molecular complexity index is 1110. The van der Waals surface area contributed by atoms with Crippen molar-refractivity contribution < 1.29 is 13.2 Å². The van der Waals surface area contributed by atoms with Crippen LogP contribution in [0.4, 0.5) is 5.69 Å². The third kappa shape index (κ3) is 3.47. The van der Waals surface area contributed by atoms with Gasteiger partial charge in [-0.05, 0) is 49.4 Å². The van der Waals surface area contributed by atoms with E-state index < -0.39 is 15.7 Å². The number of aromatic nitrogens is 2. The van der Waals surface area contributed by atoms with Crippen molar-refractivity contribution >= 4 is 32.7 Å². The first-order valence-corrected chi connectivity index (χ1v) is 9.39. The molecule has 0 aliphatic rings. The van der Waals surface area contributed by atoms with Crippen LogP contribution in [0.25, 0.3) is 11.0 Å². The molecule has 0 bridgehead atoms. The lowest BCUT2D eigenvalue weighted by atomic mass is 10.2. The van der Waals surface area contributed by atoms with Gasteiger partial charge in [-0.25, -0.2) is 13.2 Å². The molecule has 136 valence electrons. The monoisotopic (exact) mass is 374 g/mol. The molecular weight excluding hydrogens is 356 g/mol. The van der Waals surface area contributed by atoms with Crippen LogP contribution in [0, 0.1) is 0 Å². The number of rotatable bonds is 5. The minimum absolute atomic E-state index is 0.0196. The largest absolute Gasteiger partial charge is 0.342 e. The molecule has 1 amide bonds. The van der Waals surface area contributed by atoms with Crippen molar-refractivity contribution in [3.05, 3.63) is 58.5 Å². The number of H-pyrrole nitrogens is 2. The number of anilines is 1. The molecule has 2 aromatic carbocycles. The highest BCUT2D eigenvalue weighted by atomic mass is 32.2. The van der Waals surface area contributed by atoms with E-state index in [-0.39, 0.29) is 10.8 Å². The molecule has 8 nitrogen and oxygen atoms in total. The summed E-state index contributed by atoms with van der Waals surface area (Å²) in [6, 6.07) is 10.5. The summed E-state index contributed by atoms with van der Waals surface area (Å²) in [5.74, 6) is -0.135. The first-order chi connectivity index (χ1) is 12.3. The second-order valence-corrected chi connectivity index (χ2v) is 7.47. The van der Waals surface area contributed by atoms with E-state index in [2.05, 4.69) is 14.7 Å². The molecule has 0 aliphatic carbocycles. The van der Waals surface area contributed by atoms with Crippen LogP contribution in [0.3, 0.4) is 0 Å². The van der Waals surface area contributed by atoms with Crippen molar-refractivity contribution in [2.45, 2.75) is 11.8 Å². The lowest BCUT2D eigenvalue weighted by Crippen LogP contribution is -2.26. The van der Waals surface area contributed by atoms with Gasteiger partial charge in [-0.1, -0.05) is 0 Å². The van der Waals surface area contributed by atoms with Crippen LogP contribution < -0.4 is 10.4 Å². The zero-order chi connectivity index (χ0) is 18.9. The Balaban J connectivity index is 1.84. The molecule has 1 aromatic heterocycles. The van der Waals surface area contributed by atoms with Crippen molar-refractivity contribution in [2.75, 3.05) is 18.3 Å². The third-order valence-corrected chi connectivity index (χ3v) is 5.38. The second-order valence-electron chi connectivity index (χ2n) is 5.79. The zero-order valence-corrected chi connectivity index (χ0v) is 15.1. The SMILES string of the molecule is CCN(C)C(=O)c1ccc(NS(=O)(=O)c2ccc3[nH]c(=O)[nH]c3c2)cc1. The van der Waals surface area contributed by atoms with Gasteiger partial charge in [0.2, 0.25) is 0 Å². The van der Waals surface area contributed by atoms with Crippen molar-refractivity contribution in [2.24, 2.45) is 0 Å². The first kappa shape index (κ1) is 17.7. The zero-order valence-electron chi connectivity index (χ0n) is 14.2. The highest BCUT2D eigenvalue weighted by molar-refractivity contribution is 7.92. The maximum Gasteiger partial charge on any atom is 0.323 e. The van der Waals surface area contributed by atoms with E-state index in [9.17, 15) is 18.0 Å². The number of imidazole rings is 1. The molecule has 1 heterocycles. The smallest absolute Gasteiger partial charge is 0.323 e. The van der Waals surface area contributed by atoms with Crippen molar-refractivity contribution in [1.29, 1.82) is 0 Å². The molecule has 0 unspecified atom stereocenters. The van der Waals surface area contributed by atoms with Gasteiger partial charge >= 0.3 is 5.69 Å². The highest BCUT2D eigenvalue weighted by Gasteiger charge is 2.16. The summed E-state index contributed by atoms with van der Waals surface area (Å²) in [4.78, 5) is 30.0. The summed E-state index contributed by atoms with van der Waals surface area (Å²) in [6.07, 6.45) is 0. The molecule has 3 rings (SSSR count). The molecule has 0 aliphatic heterocycles. The number of hydrogen-bond donors (Lipinski definition) is 3. The van der Waals surface area contributed by atoms with Crippen LogP contribution in [0.15, 0.2) is 52.2 Å². The number of hydrogen-bond acceptors (Lipinski definition) is 4. The Morgan fingerprint density at radius 1 is 1.08 bits per heavy atom. The normalized spacial score (nSPS) is 11.5. The van der Waals surface area contributed by atoms with Gasteiger partial charge < -0.3 is 14.9 Å². The predicted octanol–water partition coefficient (Wildman–Crippen LogP) is 1.75. The van der Waals surface area contributed by atoms with E-state index in [0.29, 0.717) is 28.8 Å². The van der Waals surface area contributed by atoms with E-state index in [1.165, 1.54) is 30.3 Å². The van der Waals surface area contributed by atoms with Crippen molar-refractivity contribution in [1.82, 2.24) is 14.9 Å². The maximum absolute atomic E-state index is 12.5. The number of carbonyl (C=O) groups excluding carboxylic acids is 1. The Morgan fingerprint density at radius 3 is 2.38 bits per heavy atom. The molecule has 0 saturated carbocycles. The number of fused-ring (bicyclic) bond motifs is 1. The molecular formula is C17H18N4O4S.